The highest BCUT2D eigenvalue weighted by Gasteiger charge is 2.60. The van der Waals surface area contributed by atoms with Gasteiger partial charge < -0.3 is 18.2 Å². The summed E-state index contributed by atoms with van der Waals surface area (Å²) in [5.41, 5.74) is 10.9. The summed E-state index contributed by atoms with van der Waals surface area (Å²) in [6.07, 6.45) is 2.93. The minimum atomic E-state index is -3.29. The van der Waals surface area contributed by atoms with Gasteiger partial charge in [0.2, 0.25) is 5.41 Å². The molecule has 0 fully saturated rings. The fourth-order valence-electron chi connectivity index (χ4n) is 1.58. The van der Waals surface area contributed by atoms with E-state index in [0.29, 0.717) is 19.8 Å². The average Bonchev–Trinajstić information content (AvgIpc) is 2.31. The SMILES string of the molecule is C=CN(C=C)C(N)(N)[Si](OCC)(OCC)OCC. The van der Waals surface area contributed by atoms with E-state index in [1.165, 1.54) is 17.3 Å². The molecule has 0 unspecified atom stereocenters. The molecule has 6 nitrogen and oxygen atoms in total. The smallest absolute Gasteiger partial charge is 0.371 e. The second-order valence-corrected chi connectivity index (χ2v) is 6.23. The molecule has 0 rings (SSSR count). The first-order valence-corrected chi connectivity index (χ1v) is 7.71. The normalized spacial score (nSPS) is 12.3. The van der Waals surface area contributed by atoms with Gasteiger partial charge in [-0.05, 0) is 33.2 Å². The maximum absolute atomic E-state index is 6.17. The molecule has 0 aromatic rings. The van der Waals surface area contributed by atoms with Crippen molar-refractivity contribution < 1.29 is 13.3 Å². The highest BCUT2D eigenvalue weighted by molar-refractivity contribution is 6.64. The molecule has 0 saturated heterocycles. The predicted molar refractivity (Wildman–Crippen MR) is 74.0 cm³/mol. The molecular formula is C11H25N3O3Si. The summed E-state index contributed by atoms with van der Waals surface area (Å²) < 4.78 is 17.0. The molecule has 0 aromatic carbocycles. The van der Waals surface area contributed by atoms with Gasteiger partial charge in [-0.15, -0.1) is 0 Å². The summed E-state index contributed by atoms with van der Waals surface area (Å²) in [5.74, 6) is 0. The molecule has 0 aliphatic rings. The van der Waals surface area contributed by atoms with Crippen molar-refractivity contribution in [3.05, 3.63) is 25.6 Å². The molecule has 0 bridgehead atoms. The third kappa shape index (κ3) is 3.41. The lowest BCUT2D eigenvalue weighted by atomic mass is 10.6. The van der Waals surface area contributed by atoms with E-state index in [2.05, 4.69) is 13.2 Å². The van der Waals surface area contributed by atoms with Crippen LogP contribution in [0.5, 0.6) is 0 Å². The number of nitrogens with two attached hydrogens (primary N) is 2. The van der Waals surface area contributed by atoms with E-state index in [1.54, 1.807) is 0 Å². The topological polar surface area (TPSA) is 83.0 Å². The fourth-order valence-corrected chi connectivity index (χ4v) is 4.16. The Labute approximate surface area is 111 Å². The highest BCUT2D eigenvalue weighted by atomic mass is 28.4. The van der Waals surface area contributed by atoms with Gasteiger partial charge in [-0.3, -0.25) is 11.5 Å². The van der Waals surface area contributed by atoms with Gasteiger partial charge in [-0.25, -0.2) is 0 Å². The zero-order valence-corrected chi connectivity index (χ0v) is 12.5. The second-order valence-electron chi connectivity index (χ2n) is 3.45. The van der Waals surface area contributed by atoms with Crippen molar-refractivity contribution >= 4 is 8.80 Å². The Morgan fingerprint density at radius 1 is 1.00 bits per heavy atom. The molecule has 4 N–H and O–H groups in total. The van der Waals surface area contributed by atoms with E-state index in [1.807, 2.05) is 20.8 Å². The molecule has 106 valence electrons. The van der Waals surface area contributed by atoms with Gasteiger partial charge in [-0.2, -0.15) is 0 Å². The van der Waals surface area contributed by atoms with Crippen LogP contribution < -0.4 is 11.5 Å². The summed E-state index contributed by atoms with van der Waals surface area (Å²) in [5, 5.41) is 0. The molecule has 0 heterocycles. The summed E-state index contributed by atoms with van der Waals surface area (Å²) in [4.78, 5) is 1.44. The van der Waals surface area contributed by atoms with Crippen molar-refractivity contribution in [1.29, 1.82) is 0 Å². The van der Waals surface area contributed by atoms with Crippen molar-refractivity contribution in [2.45, 2.75) is 26.2 Å². The van der Waals surface area contributed by atoms with Gasteiger partial charge in [0.05, 0.1) is 0 Å². The molecule has 7 heteroatoms. The van der Waals surface area contributed by atoms with Gasteiger partial charge in [-0.1, -0.05) is 13.2 Å². The van der Waals surface area contributed by atoms with Crippen LogP contribution in [-0.4, -0.2) is 38.9 Å². The van der Waals surface area contributed by atoms with Crippen molar-refractivity contribution in [3.63, 3.8) is 0 Å². The number of hydrogen-bond acceptors (Lipinski definition) is 6. The molecular weight excluding hydrogens is 250 g/mol. The molecule has 0 atom stereocenters. The Bertz CT molecular complexity index is 249. The molecule has 0 aromatic heterocycles. The maximum Gasteiger partial charge on any atom is 0.560 e. The highest BCUT2D eigenvalue weighted by Crippen LogP contribution is 2.23. The van der Waals surface area contributed by atoms with Gasteiger partial charge in [0.15, 0.2) is 0 Å². The monoisotopic (exact) mass is 275 g/mol. The van der Waals surface area contributed by atoms with Crippen molar-refractivity contribution in [2.75, 3.05) is 19.8 Å². The first-order valence-electron chi connectivity index (χ1n) is 5.98. The third-order valence-corrected chi connectivity index (χ3v) is 5.56. The van der Waals surface area contributed by atoms with Crippen LogP contribution in [0.1, 0.15) is 20.8 Å². The summed E-state index contributed by atoms with van der Waals surface area (Å²) in [7, 11) is -3.29. The average molecular weight is 275 g/mol. The Hall–Kier alpha value is -0.703. The lowest BCUT2D eigenvalue weighted by Gasteiger charge is -2.44. The van der Waals surface area contributed by atoms with E-state index < -0.39 is 14.2 Å². The quantitative estimate of drug-likeness (QED) is 0.452. The van der Waals surface area contributed by atoms with E-state index in [0.717, 1.165) is 0 Å². The van der Waals surface area contributed by atoms with Crippen LogP contribution in [0.15, 0.2) is 25.6 Å². The van der Waals surface area contributed by atoms with E-state index in [4.69, 9.17) is 24.7 Å². The first kappa shape index (κ1) is 17.3. The Morgan fingerprint density at radius 3 is 1.56 bits per heavy atom. The van der Waals surface area contributed by atoms with Crippen LogP contribution in [0.4, 0.5) is 0 Å². The van der Waals surface area contributed by atoms with Gasteiger partial charge >= 0.3 is 8.80 Å². The molecule has 0 spiro atoms. The zero-order chi connectivity index (χ0) is 14.2. The molecule has 0 radical (unpaired) electrons. The minimum absolute atomic E-state index is 0.393. The standard InChI is InChI=1S/C11H25N3O3Si/c1-6-14(7-2)11(12,13)18(15-8-3,16-9-4)17-10-5/h6-7H,1-2,8-10,12-13H2,3-5H3. The molecule has 0 aliphatic carbocycles. The third-order valence-electron chi connectivity index (χ3n) is 2.31. The fraction of sp³-hybridized carbons (Fsp3) is 0.636. The first-order chi connectivity index (χ1) is 8.45. The Balaban J connectivity index is 5.47. The van der Waals surface area contributed by atoms with Gasteiger partial charge in [0, 0.05) is 19.8 Å². The minimum Gasteiger partial charge on any atom is -0.371 e. The predicted octanol–water partition coefficient (Wildman–Crippen LogP) is 0.734. The number of rotatable bonds is 10. The van der Waals surface area contributed by atoms with Crippen molar-refractivity contribution in [3.8, 4) is 0 Å². The van der Waals surface area contributed by atoms with Crippen LogP contribution >= 0.6 is 0 Å². The summed E-state index contributed by atoms with van der Waals surface area (Å²) in [6.45, 7) is 14.0. The van der Waals surface area contributed by atoms with Gasteiger partial charge in [0.25, 0.3) is 0 Å². The van der Waals surface area contributed by atoms with Crippen molar-refractivity contribution in [2.24, 2.45) is 11.5 Å². The summed E-state index contributed by atoms with van der Waals surface area (Å²) >= 11 is 0. The second kappa shape index (κ2) is 7.67. The van der Waals surface area contributed by atoms with Crippen LogP contribution in [-0.2, 0) is 13.3 Å². The van der Waals surface area contributed by atoms with E-state index in [9.17, 15) is 0 Å². The lowest BCUT2D eigenvalue weighted by Crippen LogP contribution is -2.80. The Morgan fingerprint density at radius 2 is 1.33 bits per heavy atom. The van der Waals surface area contributed by atoms with E-state index in [-0.39, 0.29) is 0 Å². The van der Waals surface area contributed by atoms with Crippen molar-refractivity contribution in [1.82, 2.24) is 4.90 Å². The number of hydrogen-bond donors (Lipinski definition) is 2. The molecule has 18 heavy (non-hydrogen) atoms. The van der Waals surface area contributed by atoms with Crippen LogP contribution in [0.2, 0.25) is 0 Å². The van der Waals surface area contributed by atoms with E-state index >= 15 is 0 Å². The van der Waals surface area contributed by atoms with Gasteiger partial charge in [0.1, 0.15) is 0 Å². The van der Waals surface area contributed by atoms with Crippen LogP contribution in [0.3, 0.4) is 0 Å². The summed E-state index contributed by atoms with van der Waals surface area (Å²) in [6, 6.07) is 0. The zero-order valence-electron chi connectivity index (χ0n) is 11.5. The maximum atomic E-state index is 6.17. The molecule has 0 amide bonds. The van der Waals surface area contributed by atoms with Crippen LogP contribution in [0, 0.1) is 0 Å². The van der Waals surface area contributed by atoms with Crippen LogP contribution in [0.25, 0.3) is 0 Å². The number of nitrogens with zero attached hydrogens (tertiary/aromatic N) is 1. The molecule has 0 saturated carbocycles. The Kier molecular flexibility index (Phi) is 7.37. The largest absolute Gasteiger partial charge is 0.560 e. The lowest BCUT2D eigenvalue weighted by molar-refractivity contribution is 0.0226. The molecule has 0 aliphatic heterocycles.